The summed E-state index contributed by atoms with van der Waals surface area (Å²) in [6, 6.07) is 17.2. The number of nitrogen functional groups attached to an aromatic ring is 10. The van der Waals surface area contributed by atoms with Crippen LogP contribution in [0.2, 0.25) is 0 Å². The highest BCUT2D eigenvalue weighted by Crippen LogP contribution is 2.45. The Morgan fingerprint density at radius 3 is 0.949 bits per heavy atom. The lowest BCUT2D eigenvalue weighted by Gasteiger charge is -2.19. The Hall–Kier alpha value is -12.3. The van der Waals surface area contributed by atoms with Crippen LogP contribution in [0.1, 0.15) is 158 Å². The van der Waals surface area contributed by atoms with E-state index in [0.29, 0.717) is 59.0 Å². The summed E-state index contributed by atoms with van der Waals surface area (Å²) in [5.41, 5.74) is 61.1. The van der Waals surface area contributed by atoms with Crippen molar-refractivity contribution < 1.29 is 65.5 Å². The number of methoxy groups -OCH3 is 3. The smallest absolute Gasteiger partial charge is 0.314 e. The maximum Gasteiger partial charge on any atom is 0.314 e. The first kappa shape index (κ1) is 94.6. The number of amides is 1. The number of rotatable bonds is 27. The normalized spacial score (nSPS) is 10.9. The molecule has 10 aromatic rings. The van der Waals surface area contributed by atoms with E-state index in [2.05, 4.69) is 127 Å². The van der Waals surface area contributed by atoms with Gasteiger partial charge in [0.25, 0.3) is 5.91 Å². The van der Waals surface area contributed by atoms with Crippen LogP contribution in [0.5, 0.6) is 86.2 Å². The zero-order chi connectivity index (χ0) is 87.9. The highest BCUT2D eigenvalue weighted by Gasteiger charge is 2.28. The number of benzene rings is 5. The fourth-order valence-electron chi connectivity index (χ4n) is 10.5. The average molecular weight is 1870 g/mol. The molecule has 1 amide bonds. The van der Waals surface area contributed by atoms with Gasteiger partial charge in [-0.1, -0.05) is 76.2 Å². The molecule has 0 spiro atoms. The van der Waals surface area contributed by atoms with Gasteiger partial charge in [-0.2, -0.15) is 24.9 Å². The van der Waals surface area contributed by atoms with E-state index in [9.17, 15) is 23.3 Å². The van der Waals surface area contributed by atoms with E-state index in [1.54, 1.807) is 45.3 Å². The van der Waals surface area contributed by atoms with Crippen molar-refractivity contribution in [2.24, 2.45) is 0 Å². The molecule has 38 nitrogen and oxygen atoms in total. The van der Waals surface area contributed by atoms with Crippen LogP contribution in [0.15, 0.2) is 96.5 Å². The average Bonchev–Trinajstić information content (AvgIpc) is 0.785. The van der Waals surface area contributed by atoms with Crippen molar-refractivity contribution in [2.45, 2.75) is 124 Å². The molecule has 10 rings (SSSR count). The van der Waals surface area contributed by atoms with Crippen LogP contribution in [-0.2, 0) is 10.0 Å². The maximum absolute atomic E-state index is 12.5. The predicted molar refractivity (Wildman–Crippen MR) is 470 cm³/mol. The molecule has 21 N–H and O–H groups in total. The summed E-state index contributed by atoms with van der Waals surface area (Å²) in [7, 11) is 3.89. The van der Waals surface area contributed by atoms with E-state index in [0.717, 1.165) is 46.5 Å². The summed E-state index contributed by atoms with van der Waals surface area (Å²) in [4.78, 5) is 63.2. The molecule has 0 atom stereocenters. The molecule has 0 saturated heterocycles. The van der Waals surface area contributed by atoms with Crippen LogP contribution >= 0.6 is 45.2 Å². The van der Waals surface area contributed by atoms with E-state index in [-0.39, 0.29) is 146 Å². The van der Waals surface area contributed by atoms with Crippen LogP contribution in [0.25, 0.3) is 0 Å². The van der Waals surface area contributed by atoms with Gasteiger partial charge in [0.15, 0.2) is 63.6 Å². The molecule has 0 radical (unpaired) electrons. The summed E-state index contributed by atoms with van der Waals surface area (Å²) in [5, 5.41) is 11.2. The van der Waals surface area contributed by atoms with Gasteiger partial charge in [0, 0.05) is 54.5 Å². The Morgan fingerprint density at radius 2 is 0.686 bits per heavy atom. The number of nitrogens with zero attached hydrogens (tertiary/aromatic N) is 12. The number of nitrogens with one attached hydrogen (secondary N) is 1. The van der Waals surface area contributed by atoms with Crippen molar-refractivity contribution >= 4 is 126 Å². The van der Waals surface area contributed by atoms with Gasteiger partial charge in [-0.25, -0.2) is 38.1 Å². The second kappa shape index (κ2) is 43.1. The maximum atomic E-state index is 12.5. The number of ether oxygens (including phenoxy) is 10. The SMILES string of the molecule is CCNS(=O)(=O)c1cc(Oc2cnc(N)nc2N)c(C(C)C)cc1OC.CCOc1cc(C(C)C)c(Oc2cnc(N)nc2N)cc1I.CCOc1cc(C(C)C)c(Oc2cnc(N)nc2N)cc1I.COc1cc(C(C)C)c(Oc2cnc(N)nc2N)cc1C(=O)N(C)C.COc1cc(C(C)C)c(Oc2cnc(N)nc2N)cc1[N+](=O)[O-]. The Balaban J connectivity index is 0.000000229. The van der Waals surface area contributed by atoms with Crippen molar-refractivity contribution in [2.75, 3.05) is 113 Å². The third-order valence-corrected chi connectivity index (χ3v) is 19.6. The van der Waals surface area contributed by atoms with Gasteiger partial charge < -0.3 is 110 Å². The molecule has 0 aliphatic rings. The predicted octanol–water partition coefficient (Wildman–Crippen LogP) is 13.7. The Bertz CT molecular complexity index is 5170. The first-order valence-corrected chi connectivity index (χ1v) is 40.0. The molecule has 0 fully saturated rings. The standard InChI is InChI=1S/C17H23N5O3.C16H23N5O4S.2C15H19IN4O2.C14H17N5O4/c1-9(2)10-6-12(24-5)11(16(23)22(3)4)7-13(10)25-14-8-20-17(19)21-15(14)18;1-5-20-26(22,23)14-7-11(10(9(2)3)6-12(14)24-4)25-13-8-19-16(18)21-15(13)17;2*1-4-21-12-5-9(8(2)3)11(6-10(12)16)22-13-7-19-15(18)20-14(13)17;1-7(2)8-4-11(22-3)9(19(20)21)5-10(8)23-12-6-17-14(16)18-13(12)15/h6-9H,1-5H3,(H4,18,19,20,21);6-9,20H,5H2,1-4H3,(H4,17,18,19,21);2*5-8H,4H2,1-3H3,(H4,17,18,19,20);4-7H,1-3H3,(H4,15,16,17,18). The minimum atomic E-state index is -3.76. The lowest BCUT2D eigenvalue weighted by Crippen LogP contribution is -2.23. The zero-order valence-corrected chi connectivity index (χ0v) is 73.7. The number of anilines is 10. The number of aromatic nitrogens is 10. The first-order chi connectivity index (χ1) is 55.6. The lowest BCUT2D eigenvalue weighted by atomic mass is 9.99. The number of nitrogens with two attached hydrogens (primary N) is 10. The lowest BCUT2D eigenvalue weighted by molar-refractivity contribution is -0.385. The minimum absolute atomic E-state index is 0.0136. The molecule has 118 heavy (non-hydrogen) atoms. The molecule has 634 valence electrons. The number of carbonyl (C=O) groups excluding carboxylic acids is 1. The fourth-order valence-corrected chi connectivity index (χ4v) is 12.9. The van der Waals surface area contributed by atoms with Gasteiger partial charge in [-0.05, 0) is 137 Å². The molecule has 0 aliphatic heterocycles. The highest BCUT2D eigenvalue weighted by atomic mass is 127. The van der Waals surface area contributed by atoms with Crippen LogP contribution in [-0.4, -0.2) is 129 Å². The summed E-state index contributed by atoms with van der Waals surface area (Å²) < 4.78 is 85.6. The van der Waals surface area contributed by atoms with Crippen molar-refractivity contribution in [3.05, 3.63) is 142 Å². The molecule has 5 heterocycles. The summed E-state index contributed by atoms with van der Waals surface area (Å²) in [6.45, 7) is 27.2. The quantitative estimate of drug-likeness (QED) is 0.0129. The molecule has 5 aromatic carbocycles. The molecule has 5 aromatic heterocycles. The number of hydrogen-bond donors (Lipinski definition) is 11. The van der Waals surface area contributed by atoms with Gasteiger partial charge in [-0.15, -0.1) is 0 Å². The van der Waals surface area contributed by atoms with Crippen LogP contribution in [0.4, 0.5) is 64.5 Å². The molecule has 0 aliphatic carbocycles. The van der Waals surface area contributed by atoms with Gasteiger partial charge >= 0.3 is 5.69 Å². The number of sulfonamides is 1. The second-order valence-electron chi connectivity index (χ2n) is 26.8. The van der Waals surface area contributed by atoms with Gasteiger partial charge in [0.1, 0.15) is 56.6 Å². The van der Waals surface area contributed by atoms with Crippen molar-refractivity contribution in [3.8, 4) is 86.2 Å². The molecular formula is C77H101I2N23O15S. The first-order valence-electron chi connectivity index (χ1n) is 36.3. The van der Waals surface area contributed by atoms with Gasteiger partial charge in [-0.3, -0.25) is 14.9 Å². The highest BCUT2D eigenvalue weighted by molar-refractivity contribution is 14.1. The van der Waals surface area contributed by atoms with Crippen LogP contribution in [0.3, 0.4) is 0 Å². The zero-order valence-electron chi connectivity index (χ0n) is 68.6. The molecule has 0 saturated carbocycles. The van der Waals surface area contributed by atoms with Gasteiger partial charge in [0.05, 0.1) is 89.2 Å². The number of carbonyl (C=O) groups is 1. The van der Waals surface area contributed by atoms with E-state index in [1.165, 1.54) is 69.3 Å². The monoisotopic (exact) mass is 1870 g/mol. The molecule has 41 heteroatoms. The summed E-state index contributed by atoms with van der Waals surface area (Å²) in [5.74, 6) is 7.98. The topological polar surface area (TPSA) is 591 Å². The summed E-state index contributed by atoms with van der Waals surface area (Å²) >= 11 is 4.44. The minimum Gasteiger partial charge on any atom is -0.496 e. The number of nitro benzene ring substituents is 1. The number of halogens is 2. The van der Waals surface area contributed by atoms with E-state index < -0.39 is 14.9 Å². The van der Waals surface area contributed by atoms with Crippen LogP contribution < -0.4 is 109 Å². The van der Waals surface area contributed by atoms with E-state index in [4.69, 9.17) is 105 Å². The third kappa shape index (κ3) is 25.6. The van der Waals surface area contributed by atoms with Gasteiger partial charge in [0.2, 0.25) is 39.8 Å². The number of nitro groups is 1. The molecule has 0 bridgehead atoms. The second-order valence-corrected chi connectivity index (χ2v) is 30.9. The fraction of sp³-hybridized carbons (Fsp3) is 0.338. The van der Waals surface area contributed by atoms with Crippen LogP contribution in [0, 0.1) is 17.3 Å². The molecular weight excluding hydrogens is 1770 g/mol. The Labute approximate surface area is 711 Å². The van der Waals surface area contributed by atoms with Crippen molar-refractivity contribution in [1.82, 2.24) is 59.5 Å². The molecule has 0 unspecified atom stereocenters. The third-order valence-electron chi connectivity index (χ3n) is 16.3. The van der Waals surface area contributed by atoms with Crippen molar-refractivity contribution in [1.29, 1.82) is 0 Å². The van der Waals surface area contributed by atoms with E-state index >= 15 is 0 Å². The van der Waals surface area contributed by atoms with Crippen molar-refractivity contribution in [3.63, 3.8) is 0 Å². The Morgan fingerprint density at radius 1 is 0.415 bits per heavy atom. The summed E-state index contributed by atoms with van der Waals surface area (Å²) in [6.07, 6.45) is 7.01. The van der Waals surface area contributed by atoms with E-state index in [1.807, 2.05) is 79.7 Å². The largest absolute Gasteiger partial charge is 0.496 e. The number of hydrogen-bond acceptors (Lipinski definition) is 35. The Kier molecular flexibility index (Phi) is 34.5.